The zero-order chi connectivity index (χ0) is 25.9. The Morgan fingerprint density at radius 3 is 2.51 bits per heavy atom. The monoisotopic (exact) mass is 593 g/mol. The maximum Gasteiger partial charge on any atom is 0.301 e. The number of hydrogen-bond acceptors (Lipinski definition) is 8. The molecule has 0 bridgehead atoms. The lowest BCUT2D eigenvalue weighted by Crippen LogP contribution is -2.29. The van der Waals surface area contributed by atoms with Crippen molar-refractivity contribution < 1.29 is 19.4 Å². The SMILES string of the molecule is COc1ccc(/C(O)=C2/C(=O)C(=O)N(c3nnc(SCc4ccccc4)s3)C2c2cccc(Br)c2)cc1. The number of aliphatic hydroxyl groups excluding tert-OH is 1. The van der Waals surface area contributed by atoms with Crippen LogP contribution < -0.4 is 9.64 Å². The number of thioether (sulfide) groups is 1. The van der Waals surface area contributed by atoms with Crippen molar-refractivity contribution in [2.24, 2.45) is 0 Å². The molecular formula is C27H20BrN3O4S2. The van der Waals surface area contributed by atoms with Gasteiger partial charge in [-0.2, -0.15) is 0 Å². The van der Waals surface area contributed by atoms with Gasteiger partial charge in [0.15, 0.2) is 4.34 Å². The number of ether oxygens (including phenoxy) is 1. The van der Waals surface area contributed by atoms with E-state index in [4.69, 9.17) is 4.74 Å². The molecule has 1 N–H and O–H groups in total. The molecular weight excluding hydrogens is 574 g/mol. The van der Waals surface area contributed by atoms with E-state index in [1.165, 1.54) is 28.0 Å². The molecule has 1 aliphatic heterocycles. The molecule has 0 spiro atoms. The summed E-state index contributed by atoms with van der Waals surface area (Å²) >= 11 is 6.21. The Morgan fingerprint density at radius 2 is 1.81 bits per heavy atom. The first-order valence-electron chi connectivity index (χ1n) is 11.2. The molecule has 1 unspecified atom stereocenters. The van der Waals surface area contributed by atoms with Crippen molar-refractivity contribution in [2.45, 2.75) is 16.1 Å². The van der Waals surface area contributed by atoms with Crippen molar-refractivity contribution in [1.29, 1.82) is 0 Å². The first-order chi connectivity index (χ1) is 18.0. The number of methoxy groups -OCH3 is 1. The van der Waals surface area contributed by atoms with Gasteiger partial charge < -0.3 is 9.84 Å². The predicted octanol–water partition coefficient (Wildman–Crippen LogP) is 6.23. The highest BCUT2D eigenvalue weighted by Crippen LogP contribution is 2.44. The van der Waals surface area contributed by atoms with Crippen LogP contribution in [0.15, 0.2) is 93.2 Å². The Balaban J connectivity index is 1.55. The van der Waals surface area contributed by atoms with Crippen molar-refractivity contribution in [2.75, 3.05) is 12.0 Å². The van der Waals surface area contributed by atoms with Gasteiger partial charge in [0.1, 0.15) is 11.5 Å². The van der Waals surface area contributed by atoms with Crippen LogP contribution in [0, 0.1) is 0 Å². The molecule has 0 saturated carbocycles. The lowest BCUT2D eigenvalue weighted by molar-refractivity contribution is -0.132. The van der Waals surface area contributed by atoms with Gasteiger partial charge in [0, 0.05) is 15.8 Å². The van der Waals surface area contributed by atoms with Gasteiger partial charge >= 0.3 is 5.91 Å². The average molecular weight is 595 g/mol. The standard InChI is InChI=1S/C27H20BrN3O4S2/c1-35-20-12-10-17(11-13-20)23(32)21-22(18-8-5-9-19(28)14-18)31(25(34)24(21)33)26-29-30-27(37-26)36-15-16-6-3-2-4-7-16/h2-14,22,32H,15H2,1H3/b23-21-. The molecule has 1 atom stereocenters. The number of aliphatic hydroxyl groups is 1. The van der Waals surface area contributed by atoms with Crippen molar-refractivity contribution in [3.63, 3.8) is 0 Å². The van der Waals surface area contributed by atoms with E-state index >= 15 is 0 Å². The van der Waals surface area contributed by atoms with Crippen LogP contribution in [-0.4, -0.2) is 34.1 Å². The predicted molar refractivity (Wildman–Crippen MR) is 148 cm³/mol. The zero-order valence-electron chi connectivity index (χ0n) is 19.5. The van der Waals surface area contributed by atoms with Gasteiger partial charge in [-0.1, -0.05) is 81.5 Å². The number of carbonyl (C=O) groups excluding carboxylic acids is 2. The number of hydrogen-bond donors (Lipinski definition) is 1. The number of nitrogens with zero attached hydrogens (tertiary/aromatic N) is 3. The highest BCUT2D eigenvalue weighted by atomic mass is 79.9. The number of Topliss-reactive ketones (excluding diaryl/α,β-unsaturated/α-hetero) is 1. The van der Waals surface area contributed by atoms with Gasteiger partial charge in [0.05, 0.1) is 18.7 Å². The number of amides is 1. The summed E-state index contributed by atoms with van der Waals surface area (Å²) in [6.45, 7) is 0. The summed E-state index contributed by atoms with van der Waals surface area (Å²) in [5.41, 5.74) is 2.17. The molecule has 4 aromatic rings. The number of ketones is 1. The van der Waals surface area contributed by atoms with Crippen LogP contribution in [0.5, 0.6) is 5.75 Å². The normalized spacial score (nSPS) is 16.8. The number of benzene rings is 3. The molecule has 3 aromatic carbocycles. The maximum absolute atomic E-state index is 13.3. The van der Waals surface area contributed by atoms with Crippen LogP contribution in [-0.2, 0) is 15.3 Å². The van der Waals surface area contributed by atoms with Crippen LogP contribution in [0.2, 0.25) is 0 Å². The number of aromatic nitrogens is 2. The first kappa shape index (κ1) is 25.2. The first-order valence-corrected chi connectivity index (χ1v) is 13.8. The van der Waals surface area contributed by atoms with E-state index in [2.05, 4.69) is 26.1 Å². The van der Waals surface area contributed by atoms with Crippen molar-refractivity contribution in [1.82, 2.24) is 10.2 Å². The highest BCUT2D eigenvalue weighted by Gasteiger charge is 2.48. The van der Waals surface area contributed by atoms with Crippen molar-refractivity contribution >= 4 is 61.6 Å². The summed E-state index contributed by atoms with van der Waals surface area (Å²) in [4.78, 5) is 28.0. The molecule has 1 aliphatic rings. The van der Waals surface area contributed by atoms with E-state index < -0.39 is 17.7 Å². The molecule has 0 aliphatic carbocycles. The van der Waals surface area contributed by atoms with Crippen LogP contribution in [0.3, 0.4) is 0 Å². The summed E-state index contributed by atoms with van der Waals surface area (Å²) in [5.74, 6) is -0.518. The lowest BCUT2D eigenvalue weighted by atomic mass is 9.95. The quantitative estimate of drug-likeness (QED) is 0.0892. The van der Waals surface area contributed by atoms with Gasteiger partial charge in [0.2, 0.25) is 5.13 Å². The number of anilines is 1. The zero-order valence-corrected chi connectivity index (χ0v) is 22.7. The Bertz CT molecular complexity index is 1490. The van der Waals surface area contributed by atoms with Gasteiger partial charge in [-0.05, 0) is 47.5 Å². The highest BCUT2D eigenvalue weighted by molar-refractivity contribution is 9.10. The van der Waals surface area contributed by atoms with E-state index in [0.717, 1.165) is 10.0 Å². The number of carbonyl (C=O) groups is 2. The van der Waals surface area contributed by atoms with Gasteiger partial charge in [0.25, 0.3) is 5.78 Å². The third-order valence-corrected chi connectivity index (χ3v) is 8.40. The van der Waals surface area contributed by atoms with E-state index in [1.807, 2.05) is 54.6 Å². The summed E-state index contributed by atoms with van der Waals surface area (Å²) in [6.07, 6.45) is 0. The fourth-order valence-electron chi connectivity index (χ4n) is 4.00. The fourth-order valence-corrected chi connectivity index (χ4v) is 6.24. The molecule has 0 radical (unpaired) electrons. The largest absolute Gasteiger partial charge is 0.507 e. The van der Waals surface area contributed by atoms with E-state index in [9.17, 15) is 14.7 Å². The molecule has 1 amide bonds. The van der Waals surface area contributed by atoms with E-state index in [-0.39, 0.29) is 16.5 Å². The smallest absolute Gasteiger partial charge is 0.301 e. The summed E-state index contributed by atoms with van der Waals surface area (Å²) in [5, 5.41) is 20.0. The van der Waals surface area contributed by atoms with E-state index in [1.54, 1.807) is 31.4 Å². The van der Waals surface area contributed by atoms with Crippen LogP contribution in [0.4, 0.5) is 5.13 Å². The molecule has 2 heterocycles. The molecule has 10 heteroatoms. The van der Waals surface area contributed by atoms with Gasteiger partial charge in [-0.3, -0.25) is 14.5 Å². The minimum Gasteiger partial charge on any atom is -0.507 e. The van der Waals surface area contributed by atoms with Crippen LogP contribution in [0.25, 0.3) is 5.76 Å². The Hall–Kier alpha value is -3.47. The number of halogens is 1. The maximum atomic E-state index is 13.3. The summed E-state index contributed by atoms with van der Waals surface area (Å²) < 4.78 is 6.64. The minimum absolute atomic E-state index is 0.0121. The molecule has 186 valence electrons. The van der Waals surface area contributed by atoms with E-state index in [0.29, 0.717) is 27.0 Å². The topological polar surface area (TPSA) is 92.6 Å². The minimum atomic E-state index is -0.875. The van der Waals surface area contributed by atoms with Gasteiger partial charge in [-0.25, -0.2) is 0 Å². The third kappa shape index (κ3) is 5.18. The second-order valence-electron chi connectivity index (χ2n) is 8.08. The lowest BCUT2D eigenvalue weighted by Gasteiger charge is -2.22. The second kappa shape index (κ2) is 10.9. The third-order valence-electron chi connectivity index (χ3n) is 5.78. The van der Waals surface area contributed by atoms with Crippen molar-refractivity contribution in [3.05, 3.63) is 106 Å². The molecule has 1 aromatic heterocycles. The van der Waals surface area contributed by atoms with Crippen molar-refractivity contribution in [3.8, 4) is 5.75 Å². The van der Waals surface area contributed by atoms with Crippen LogP contribution >= 0.6 is 39.0 Å². The fraction of sp³-hybridized carbons (Fsp3) is 0.111. The molecule has 5 rings (SSSR count). The molecule has 7 nitrogen and oxygen atoms in total. The Kier molecular flexibility index (Phi) is 7.40. The average Bonchev–Trinajstić information content (AvgIpc) is 3.50. The molecule has 37 heavy (non-hydrogen) atoms. The molecule has 1 fully saturated rings. The Labute approximate surface area is 229 Å². The summed E-state index contributed by atoms with van der Waals surface area (Å²) in [7, 11) is 1.54. The molecule has 1 saturated heterocycles. The summed E-state index contributed by atoms with van der Waals surface area (Å²) in [6, 6.07) is 23.0. The van der Waals surface area contributed by atoms with Crippen LogP contribution in [0.1, 0.15) is 22.7 Å². The Morgan fingerprint density at radius 1 is 1.05 bits per heavy atom. The second-order valence-corrected chi connectivity index (χ2v) is 11.2. The number of rotatable bonds is 7. The van der Waals surface area contributed by atoms with Gasteiger partial charge in [-0.15, -0.1) is 10.2 Å².